The summed E-state index contributed by atoms with van der Waals surface area (Å²) in [7, 11) is 0. The van der Waals surface area contributed by atoms with Gasteiger partial charge in [-0.25, -0.2) is 9.69 Å². The number of imide groups is 1. The van der Waals surface area contributed by atoms with E-state index in [1.165, 1.54) is 4.90 Å². The van der Waals surface area contributed by atoms with E-state index in [1.807, 2.05) is 56.3 Å². The van der Waals surface area contributed by atoms with Gasteiger partial charge in [0.2, 0.25) is 0 Å². The monoisotopic (exact) mass is 282 g/mol. The zero-order chi connectivity index (χ0) is 15.0. The fraction of sp³-hybridized carbons (Fsp3) is 0.294. The SMILES string of the molecule is CCC(C)C1NC(=O)N(c2cccc3ccccc23)C1=O. The lowest BCUT2D eigenvalue weighted by atomic mass is 9.99. The van der Waals surface area contributed by atoms with Crippen LogP contribution in [-0.2, 0) is 4.79 Å². The third kappa shape index (κ3) is 2.17. The molecule has 1 aliphatic rings. The first kappa shape index (κ1) is 13.6. The molecule has 2 aromatic rings. The highest BCUT2D eigenvalue weighted by Gasteiger charge is 2.41. The van der Waals surface area contributed by atoms with E-state index in [2.05, 4.69) is 5.32 Å². The minimum absolute atomic E-state index is 0.126. The third-order valence-corrected chi connectivity index (χ3v) is 4.19. The third-order valence-electron chi connectivity index (χ3n) is 4.19. The first-order valence-corrected chi connectivity index (χ1v) is 7.25. The van der Waals surface area contributed by atoms with Crippen molar-refractivity contribution in [3.8, 4) is 0 Å². The number of nitrogens with one attached hydrogen (secondary N) is 1. The number of urea groups is 1. The summed E-state index contributed by atoms with van der Waals surface area (Å²) in [5.74, 6) is -0.0351. The molecule has 1 fully saturated rings. The van der Waals surface area contributed by atoms with E-state index in [9.17, 15) is 9.59 Å². The molecule has 108 valence electrons. The number of fused-ring (bicyclic) bond motifs is 1. The number of rotatable bonds is 3. The summed E-state index contributed by atoms with van der Waals surface area (Å²) >= 11 is 0. The van der Waals surface area contributed by atoms with Gasteiger partial charge in [-0.15, -0.1) is 0 Å². The Hall–Kier alpha value is -2.36. The molecule has 0 spiro atoms. The van der Waals surface area contributed by atoms with Crippen LogP contribution >= 0.6 is 0 Å². The molecule has 1 N–H and O–H groups in total. The van der Waals surface area contributed by atoms with Crippen LogP contribution in [0.1, 0.15) is 20.3 Å². The maximum Gasteiger partial charge on any atom is 0.329 e. The zero-order valence-electron chi connectivity index (χ0n) is 12.2. The van der Waals surface area contributed by atoms with Gasteiger partial charge >= 0.3 is 6.03 Å². The molecule has 0 aromatic heterocycles. The molecule has 0 aliphatic carbocycles. The van der Waals surface area contributed by atoms with Gasteiger partial charge in [0.05, 0.1) is 5.69 Å². The molecule has 4 nitrogen and oxygen atoms in total. The highest BCUT2D eigenvalue weighted by molar-refractivity contribution is 6.24. The molecule has 21 heavy (non-hydrogen) atoms. The van der Waals surface area contributed by atoms with Gasteiger partial charge in [-0.1, -0.05) is 56.7 Å². The molecular weight excluding hydrogens is 264 g/mol. The number of anilines is 1. The largest absolute Gasteiger partial charge is 0.329 e. The van der Waals surface area contributed by atoms with Crippen molar-refractivity contribution in [1.82, 2.24) is 5.32 Å². The summed E-state index contributed by atoms with van der Waals surface area (Å²) in [5.41, 5.74) is 0.654. The van der Waals surface area contributed by atoms with Crippen LogP contribution in [0, 0.1) is 5.92 Å². The number of carbonyl (C=O) groups is 2. The van der Waals surface area contributed by atoms with E-state index in [1.54, 1.807) is 0 Å². The Bertz CT molecular complexity index is 706. The minimum atomic E-state index is -0.429. The van der Waals surface area contributed by atoms with E-state index < -0.39 is 6.04 Å². The van der Waals surface area contributed by atoms with Gasteiger partial charge in [0.25, 0.3) is 5.91 Å². The van der Waals surface area contributed by atoms with Crippen LogP contribution in [-0.4, -0.2) is 18.0 Å². The lowest BCUT2D eigenvalue weighted by molar-refractivity contribution is -0.119. The van der Waals surface area contributed by atoms with Gasteiger partial charge in [-0.3, -0.25) is 4.79 Å². The smallest absolute Gasteiger partial charge is 0.325 e. The molecule has 0 radical (unpaired) electrons. The highest BCUT2D eigenvalue weighted by atomic mass is 16.2. The number of carbonyl (C=O) groups excluding carboxylic acids is 2. The number of benzene rings is 2. The Kier molecular flexibility index (Phi) is 3.37. The molecule has 1 heterocycles. The lowest BCUT2D eigenvalue weighted by Crippen LogP contribution is -2.35. The molecule has 0 saturated carbocycles. The fourth-order valence-corrected chi connectivity index (χ4v) is 2.75. The van der Waals surface area contributed by atoms with E-state index in [0.29, 0.717) is 5.69 Å². The van der Waals surface area contributed by atoms with E-state index in [4.69, 9.17) is 0 Å². The van der Waals surface area contributed by atoms with E-state index >= 15 is 0 Å². The maximum absolute atomic E-state index is 12.6. The van der Waals surface area contributed by atoms with Crippen molar-refractivity contribution >= 4 is 28.4 Å². The molecular formula is C17H18N2O2. The van der Waals surface area contributed by atoms with E-state index in [0.717, 1.165) is 17.2 Å². The Labute approximate surface area is 123 Å². The molecule has 1 aliphatic heterocycles. The summed E-state index contributed by atoms with van der Waals surface area (Å²) in [4.78, 5) is 26.1. The Morgan fingerprint density at radius 1 is 1.14 bits per heavy atom. The van der Waals surface area contributed by atoms with Crippen molar-refractivity contribution in [2.24, 2.45) is 5.92 Å². The standard InChI is InChI=1S/C17H18N2O2/c1-3-11(2)15-16(20)19(17(21)18-15)14-10-6-8-12-7-4-5-9-13(12)14/h4-11,15H,3H2,1-2H3,(H,18,21). The van der Waals surface area contributed by atoms with Crippen molar-refractivity contribution in [1.29, 1.82) is 0 Å². The Morgan fingerprint density at radius 3 is 2.62 bits per heavy atom. The average Bonchev–Trinajstić information content (AvgIpc) is 2.81. The average molecular weight is 282 g/mol. The zero-order valence-corrected chi connectivity index (χ0v) is 12.2. The van der Waals surface area contributed by atoms with Crippen molar-refractivity contribution in [3.05, 3.63) is 42.5 Å². The van der Waals surface area contributed by atoms with Gasteiger partial charge in [0, 0.05) is 5.39 Å². The van der Waals surface area contributed by atoms with Crippen LogP contribution < -0.4 is 10.2 Å². The molecule has 0 bridgehead atoms. The van der Waals surface area contributed by atoms with E-state index in [-0.39, 0.29) is 17.9 Å². The Balaban J connectivity index is 2.07. The lowest BCUT2D eigenvalue weighted by Gasteiger charge is -2.17. The fourth-order valence-electron chi connectivity index (χ4n) is 2.75. The quantitative estimate of drug-likeness (QED) is 0.878. The number of hydrogen-bond acceptors (Lipinski definition) is 2. The van der Waals surface area contributed by atoms with Gasteiger partial charge < -0.3 is 5.32 Å². The number of nitrogens with zero attached hydrogens (tertiary/aromatic N) is 1. The van der Waals surface area contributed by atoms with Gasteiger partial charge in [-0.05, 0) is 17.4 Å². The second-order valence-corrected chi connectivity index (χ2v) is 5.48. The normalized spacial score (nSPS) is 19.9. The van der Waals surface area contributed by atoms with Gasteiger partial charge in [0.15, 0.2) is 0 Å². The van der Waals surface area contributed by atoms with Crippen molar-refractivity contribution < 1.29 is 9.59 Å². The Morgan fingerprint density at radius 2 is 1.86 bits per heavy atom. The van der Waals surface area contributed by atoms with Crippen LogP contribution in [0.5, 0.6) is 0 Å². The second-order valence-electron chi connectivity index (χ2n) is 5.48. The van der Waals surface area contributed by atoms with Crippen LogP contribution in [0.2, 0.25) is 0 Å². The summed E-state index contributed by atoms with van der Waals surface area (Å²) in [6.45, 7) is 4.00. The number of amides is 3. The van der Waals surface area contributed by atoms with Crippen molar-refractivity contribution in [3.63, 3.8) is 0 Å². The second kappa shape index (κ2) is 5.20. The van der Waals surface area contributed by atoms with Gasteiger partial charge in [0.1, 0.15) is 6.04 Å². The molecule has 3 rings (SSSR count). The molecule has 1 saturated heterocycles. The van der Waals surface area contributed by atoms with Crippen molar-refractivity contribution in [2.75, 3.05) is 4.90 Å². The van der Waals surface area contributed by atoms with Crippen LogP contribution in [0.3, 0.4) is 0 Å². The summed E-state index contributed by atoms with van der Waals surface area (Å²) in [6, 6.07) is 12.7. The molecule has 2 atom stereocenters. The predicted molar refractivity (Wildman–Crippen MR) is 83.2 cm³/mol. The molecule has 2 aromatic carbocycles. The number of hydrogen-bond donors (Lipinski definition) is 1. The molecule has 3 amide bonds. The van der Waals surface area contributed by atoms with Crippen molar-refractivity contribution in [2.45, 2.75) is 26.3 Å². The maximum atomic E-state index is 12.6. The first-order valence-electron chi connectivity index (χ1n) is 7.25. The topological polar surface area (TPSA) is 49.4 Å². The molecule has 4 heteroatoms. The predicted octanol–water partition coefficient (Wildman–Crippen LogP) is 3.31. The summed E-state index contributed by atoms with van der Waals surface area (Å²) in [5, 5.41) is 4.73. The molecule has 2 unspecified atom stereocenters. The van der Waals surface area contributed by atoms with Crippen LogP contribution in [0.4, 0.5) is 10.5 Å². The highest BCUT2D eigenvalue weighted by Crippen LogP contribution is 2.30. The first-order chi connectivity index (χ1) is 10.1. The van der Waals surface area contributed by atoms with Crippen LogP contribution in [0.25, 0.3) is 10.8 Å². The van der Waals surface area contributed by atoms with Crippen LogP contribution in [0.15, 0.2) is 42.5 Å². The van der Waals surface area contributed by atoms with Gasteiger partial charge in [-0.2, -0.15) is 0 Å². The minimum Gasteiger partial charge on any atom is -0.325 e. The summed E-state index contributed by atoms with van der Waals surface area (Å²) < 4.78 is 0. The summed E-state index contributed by atoms with van der Waals surface area (Å²) in [6.07, 6.45) is 0.847.